The van der Waals surface area contributed by atoms with Gasteiger partial charge in [0.1, 0.15) is 0 Å². The number of carboxylic acids is 1. The number of rotatable bonds is 20. The Bertz CT molecular complexity index is 348. The van der Waals surface area contributed by atoms with Gasteiger partial charge in [-0.2, -0.15) is 0 Å². The minimum Gasteiger partial charge on any atom is -0.481 e. The molecule has 4 N–H and O–H groups in total. The van der Waals surface area contributed by atoms with Crippen molar-refractivity contribution in [3.05, 3.63) is 0 Å². The summed E-state index contributed by atoms with van der Waals surface area (Å²) in [4.78, 5) is 12.9. The number of hydrogen-bond acceptors (Lipinski definition) is 4. The quantitative estimate of drug-likeness (QED) is 0.204. The van der Waals surface area contributed by atoms with E-state index >= 15 is 0 Å². The van der Waals surface area contributed by atoms with Gasteiger partial charge in [0.25, 0.3) is 0 Å². The lowest BCUT2D eigenvalue weighted by Gasteiger charge is -2.38. The molecule has 162 valence electrons. The van der Waals surface area contributed by atoms with E-state index in [1.807, 2.05) is 6.92 Å². The highest BCUT2D eigenvalue weighted by molar-refractivity contribution is 5.66. The molecule has 1 unspecified atom stereocenters. The molecular formula is C22H46N2O3. The molecule has 0 bridgehead atoms. The van der Waals surface area contributed by atoms with Crippen LogP contribution in [0, 0.1) is 0 Å². The summed E-state index contributed by atoms with van der Waals surface area (Å²) in [5, 5.41) is 18.0. The predicted molar refractivity (Wildman–Crippen MR) is 114 cm³/mol. The van der Waals surface area contributed by atoms with E-state index in [9.17, 15) is 9.90 Å². The first-order valence-corrected chi connectivity index (χ1v) is 11.3. The van der Waals surface area contributed by atoms with E-state index < -0.39 is 11.6 Å². The van der Waals surface area contributed by atoms with E-state index in [-0.39, 0.29) is 13.0 Å². The van der Waals surface area contributed by atoms with Crippen LogP contribution in [0.2, 0.25) is 0 Å². The molecule has 0 aliphatic carbocycles. The molecule has 5 heteroatoms. The molecule has 0 aromatic rings. The van der Waals surface area contributed by atoms with Gasteiger partial charge in [-0.05, 0) is 39.3 Å². The number of carbonyl (C=O) groups is 1. The normalized spacial score (nSPS) is 13.8. The van der Waals surface area contributed by atoms with Crippen molar-refractivity contribution in [2.75, 3.05) is 19.7 Å². The average molecular weight is 387 g/mol. The van der Waals surface area contributed by atoms with E-state index in [2.05, 4.69) is 11.8 Å². The topological polar surface area (TPSA) is 86.8 Å². The molecule has 0 saturated carbocycles. The summed E-state index contributed by atoms with van der Waals surface area (Å²) in [5.74, 6) is -0.721. The zero-order valence-corrected chi connectivity index (χ0v) is 18.1. The summed E-state index contributed by atoms with van der Waals surface area (Å²) in [6.45, 7) is 6.19. The molecule has 1 atom stereocenters. The first-order valence-electron chi connectivity index (χ1n) is 11.3. The molecule has 27 heavy (non-hydrogen) atoms. The molecular weight excluding hydrogens is 340 g/mol. The number of hydrogen-bond donors (Lipinski definition) is 3. The number of unbranched alkanes of at least 4 members (excludes halogenated alkanes) is 11. The van der Waals surface area contributed by atoms with Crippen molar-refractivity contribution >= 4 is 5.97 Å². The van der Waals surface area contributed by atoms with Gasteiger partial charge in [0, 0.05) is 19.4 Å². The molecule has 0 radical (unpaired) electrons. The van der Waals surface area contributed by atoms with Gasteiger partial charge in [-0.15, -0.1) is 0 Å². The maximum Gasteiger partial charge on any atom is 0.303 e. The van der Waals surface area contributed by atoms with Gasteiger partial charge >= 0.3 is 5.97 Å². The number of aliphatic hydroxyl groups is 1. The summed E-state index contributed by atoms with van der Waals surface area (Å²) in [6, 6.07) is 0. The van der Waals surface area contributed by atoms with Crippen molar-refractivity contribution < 1.29 is 15.0 Å². The number of nitrogens with two attached hydrogens (primary N) is 1. The van der Waals surface area contributed by atoms with Gasteiger partial charge in [0.05, 0.1) is 5.66 Å². The van der Waals surface area contributed by atoms with E-state index in [4.69, 9.17) is 10.8 Å². The maximum atomic E-state index is 10.6. The summed E-state index contributed by atoms with van der Waals surface area (Å²) < 4.78 is 0. The van der Waals surface area contributed by atoms with Crippen molar-refractivity contribution in [3.8, 4) is 0 Å². The Hall–Kier alpha value is -0.650. The van der Waals surface area contributed by atoms with Gasteiger partial charge in [-0.25, -0.2) is 0 Å². The molecule has 0 fully saturated rings. The van der Waals surface area contributed by atoms with E-state index in [0.717, 1.165) is 38.8 Å². The number of nitrogens with zero attached hydrogens (tertiary/aromatic N) is 1. The van der Waals surface area contributed by atoms with Gasteiger partial charge in [-0.3, -0.25) is 9.69 Å². The zero-order chi connectivity index (χ0) is 20.4. The molecule has 0 saturated heterocycles. The number of aliphatic carboxylic acids is 1. The van der Waals surface area contributed by atoms with Crippen LogP contribution in [0.3, 0.4) is 0 Å². The standard InChI is InChI=1S/C22H46N2O3/c1-3-4-5-6-7-8-9-10-11-14-18-24(22(2,23)17-20-25)19-15-12-13-16-21(26)27/h25H,3-20,23H2,1-2H3,(H,26,27). The van der Waals surface area contributed by atoms with Crippen LogP contribution in [-0.4, -0.2) is 46.4 Å². The van der Waals surface area contributed by atoms with Crippen LogP contribution in [0.5, 0.6) is 0 Å². The minimum atomic E-state index is -0.721. The highest BCUT2D eigenvalue weighted by Gasteiger charge is 2.25. The Labute approximate surface area is 167 Å². The Morgan fingerprint density at radius 2 is 1.30 bits per heavy atom. The molecule has 0 spiro atoms. The lowest BCUT2D eigenvalue weighted by atomic mass is 10.0. The molecule has 5 nitrogen and oxygen atoms in total. The highest BCUT2D eigenvalue weighted by Crippen LogP contribution is 2.17. The van der Waals surface area contributed by atoms with Crippen molar-refractivity contribution in [1.29, 1.82) is 0 Å². The average Bonchev–Trinajstić information content (AvgIpc) is 2.60. The van der Waals surface area contributed by atoms with Gasteiger partial charge < -0.3 is 15.9 Å². The van der Waals surface area contributed by atoms with Crippen molar-refractivity contribution in [2.24, 2.45) is 5.73 Å². The molecule has 0 rings (SSSR count). The van der Waals surface area contributed by atoms with Gasteiger partial charge in [0.15, 0.2) is 0 Å². The minimum absolute atomic E-state index is 0.0978. The van der Waals surface area contributed by atoms with Crippen LogP contribution in [-0.2, 0) is 4.79 Å². The SMILES string of the molecule is CCCCCCCCCCCCN(CCCCCC(=O)O)C(C)(N)CCO. The molecule has 0 aromatic carbocycles. The Morgan fingerprint density at radius 1 is 0.852 bits per heavy atom. The maximum absolute atomic E-state index is 10.6. The third kappa shape index (κ3) is 16.0. The van der Waals surface area contributed by atoms with Crippen LogP contribution in [0.1, 0.15) is 110 Å². The second-order valence-corrected chi connectivity index (χ2v) is 8.20. The molecule has 0 aliphatic rings. The van der Waals surface area contributed by atoms with Crippen LogP contribution in [0.25, 0.3) is 0 Å². The van der Waals surface area contributed by atoms with Crippen molar-refractivity contribution in [1.82, 2.24) is 4.90 Å². The predicted octanol–water partition coefficient (Wildman–Crippen LogP) is 4.91. The second kappa shape index (κ2) is 17.4. The van der Waals surface area contributed by atoms with Gasteiger partial charge in [0.2, 0.25) is 0 Å². The van der Waals surface area contributed by atoms with Crippen LogP contribution < -0.4 is 5.73 Å². The zero-order valence-electron chi connectivity index (χ0n) is 18.1. The number of carboxylic acid groups (broad SMARTS) is 1. The first kappa shape index (κ1) is 26.4. The fourth-order valence-electron chi connectivity index (χ4n) is 3.55. The lowest BCUT2D eigenvalue weighted by molar-refractivity contribution is -0.137. The van der Waals surface area contributed by atoms with E-state index in [1.165, 1.54) is 57.8 Å². The van der Waals surface area contributed by atoms with E-state index in [0.29, 0.717) is 6.42 Å². The van der Waals surface area contributed by atoms with Crippen molar-refractivity contribution in [2.45, 2.75) is 116 Å². The van der Waals surface area contributed by atoms with Crippen LogP contribution in [0.4, 0.5) is 0 Å². The monoisotopic (exact) mass is 386 g/mol. The van der Waals surface area contributed by atoms with Crippen LogP contribution >= 0.6 is 0 Å². The summed E-state index contributed by atoms with van der Waals surface area (Å²) in [7, 11) is 0. The highest BCUT2D eigenvalue weighted by atomic mass is 16.4. The summed E-state index contributed by atoms with van der Waals surface area (Å²) in [5.41, 5.74) is 5.94. The first-order chi connectivity index (χ1) is 12.9. The molecule has 0 amide bonds. The Morgan fingerprint density at radius 3 is 1.74 bits per heavy atom. The molecule has 0 heterocycles. The van der Waals surface area contributed by atoms with Gasteiger partial charge in [-0.1, -0.05) is 71.1 Å². The number of aliphatic hydroxyl groups excluding tert-OH is 1. The molecule has 0 aliphatic heterocycles. The smallest absolute Gasteiger partial charge is 0.303 e. The van der Waals surface area contributed by atoms with Crippen LogP contribution in [0.15, 0.2) is 0 Å². The van der Waals surface area contributed by atoms with Crippen molar-refractivity contribution in [3.63, 3.8) is 0 Å². The summed E-state index contributed by atoms with van der Waals surface area (Å²) >= 11 is 0. The largest absolute Gasteiger partial charge is 0.481 e. The lowest BCUT2D eigenvalue weighted by Crippen LogP contribution is -2.54. The van der Waals surface area contributed by atoms with E-state index in [1.54, 1.807) is 0 Å². The fraction of sp³-hybridized carbons (Fsp3) is 0.955. The third-order valence-corrected chi connectivity index (χ3v) is 5.44. The summed E-state index contributed by atoms with van der Waals surface area (Å²) in [6.07, 6.45) is 16.6. The second-order valence-electron chi connectivity index (χ2n) is 8.20. The Kier molecular flexibility index (Phi) is 17.0. The molecule has 0 aromatic heterocycles. The third-order valence-electron chi connectivity index (χ3n) is 5.44. The Balaban J connectivity index is 3.95. The fourth-order valence-corrected chi connectivity index (χ4v) is 3.55.